The second kappa shape index (κ2) is 6.93. The van der Waals surface area contributed by atoms with Gasteiger partial charge in [-0.1, -0.05) is 25.0 Å². The van der Waals surface area contributed by atoms with E-state index in [0.717, 1.165) is 0 Å². The van der Waals surface area contributed by atoms with Crippen LogP contribution in [0.4, 0.5) is 10.5 Å². The van der Waals surface area contributed by atoms with E-state index in [1.807, 2.05) is 0 Å². The molecule has 1 fully saturated rings. The van der Waals surface area contributed by atoms with Gasteiger partial charge in [0.25, 0.3) is 0 Å². The number of nitrogens with one attached hydrogen (secondary N) is 2. The smallest absolute Gasteiger partial charge is 0.319 e. The van der Waals surface area contributed by atoms with Crippen molar-refractivity contribution in [2.45, 2.75) is 32.1 Å². The Morgan fingerprint density at radius 1 is 1.25 bits per heavy atom. The monoisotopic (exact) mass is 276 g/mol. The van der Waals surface area contributed by atoms with Crippen LogP contribution in [0.25, 0.3) is 0 Å². The van der Waals surface area contributed by atoms with Crippen molar-refractivity contribution in [2.24, 2.45) is 5.92 Å². The van der Waals surface area contributed by atoms with Gasteiger partial charge in [-0.2, -0.15) is 0 Å². The highest BCUT2D eigenvalue weighted by Gasteiger charge is 2.15. The summed E-state index contributed by atoms with van der Waals surface area (Å²) in [6.45, 7) is 0.709. The summed E-state index contributed by atoms with van der Waals surface area (Å²) < 4.78 is 0. The van der Waals surface area contributed by atoms with Gasteiger partial charge < -0.3 is 15.7 Å². The maximum atomic E-state index is 11.8. The van der Waals surface area contributed by atoms with E-state index in [9.17, 15) is 9.59 Å². The third-order valence-electron chi connectivity index (χ3n) is 3.57. The molecule has 20 heavy (non-hydrogen) atoms. The van der Waals surface area contributed by atoms with Crippen LogP contribution < -0.4 is 10.6 Å². The normalized spacial score (nSPS) is 15.0. The molecule has 1 saturated carbocycles. The molecule has 0 aliphatic heterocycles. The average Bonchev–Trinajstić information content (AvgIpc) is 2.89. The molecule has 2 amide bonds. The second-order valence-electron chi connectivity index (χ2n) is 5.26. The van der Waals surface area contributed by atoms with E-state index < -0.39 is 5.97 Å². The highest BCUT2D eigenvalue weighted by atomic mass is 16.4. The van der Waals surface area contributed by atoms with Crippen LogP contribution in [0.1, 0.15) is 31.2 Å². The number of rotatable bonds is 5. The molecule has 1 aliphatic rings. The van der Waals surface area contributed by atoms with Crippen LogP contribution in [0.5, 0.6) is 0 Å². The SMILES string of the molecule is O=C(O)Cc1cccc(NC(=O)NCC2CCCC2)c1. The molecule has 5 heteroatoms. The highest BCUT2D eigenvalue weighted by molar-refractivity contribution is 5.89. The van der Waals surface area contributed by atoms with Crippen LogP contribution in [0.2, 0.25) is 0 Å². The lowest BCUT2D eigenvalue weighted by Gasteiger charge is -2.12. The molecule has 0 unspecified atom stereocenters. The van der Waals surface area contributed by atoms with Crippen molar-refractivity contribution in [3.63, 3.8) is 0 Å². The minimum absolute atomic E-state index is 0.0424. The molecule has 0 aromatic heterocycles. The van der Waals surface area contributed by atoms with Crippen LogP contribution in [0.15, 0.2) is 24.3 Å². The molecular weight excluding hydrogens is 256 g/mol. The van der Waals surface area contributed by atoms with E-state index in [0.29, 0.717) is 23.7 Å². The number of hydrogen-bond donors (Lipinski definition) is 3. The van der Waals surface area contributed by atoms with E-state index in [1.165, 1.54) is 25.7 Å². The molecule has 0 radical (unpaired) electrons. The van der Waals surface area contributed by atoms with E-state index in [4.69, 9.17) is 5.11 Å². The van der Waals surface area contributed by atoms with Gasteiger partial charge in [-0.3, -0.25) is 4.79 Å². The highest BCUT2D eigenvalue weighted by Crippen LogP contribution is 2.23. The van der Waals surface area contributed by atoms with Crippen molar-refractivity contribution in [3.05, 3.63) is 29.8 Å². The van der Waals surface area contributed by atoms with E-state index in [2.05, 4.69) is 10.6 Å². The largest absolute Gasteiger partial charge is 0.481 e. The van der Waals surface area contributed by atoms with Crippen LogP contribution >= 0.6 is 0 Å². The molecule has 0 spiro atoms. The molecule has 0 saturated heterocycles. The third kappa shape index (κ3) is 4.57. The molecule has 0 atom stereocenters. The molecule has 2 rings (SSSR count). The van der Waals surface area contributed by atoms with Gasteiger partial charge in [0.1, 0.15) is 0 Å². The van der Waals surface area contributed by atoms with Gasteiger partial charge in [0.15, 0.2) is 0 Å². The molecule has 1 aromatic carbocycles. The number of carboxylic acids is 1. The predicted octanol–water partition coefficient (Wildman–Crippen LogP) is 2.63. The summed E-state index contributed by atoms with van der Waals surface area (Å²) in [6, 6.07) is 6.68. The Morgan fingerprint density at radius 3 is 2.70 bits per heavy atom. The van der Waals surface area contributed by atoms with Crippen molar-refractivity contribution < 1.29 is 14.7 Å². The standard InChI is InChI=1S/C15H20N2O3/c18-14(19)9-12-6-3-7-13(8-12)17-15(20)16-10-11-4-1-2-5-11/h3,6-8,11H,1-2,4-5,9-10H2,(H,18,19)(H2,16,17,20). The van der Waals surface area contributed by atoms with Gasteiger partial charge >= 0.3 is 12.0 Å². The third-order valence-corrected chi connectivity index (χ3v) is 3.57. The first-order valence-corrected chi connectivity index (χ1v) is 6.99. The first kappa shape index (κ1) is 14.4. The molecule has 5 nitrogen and oxygen atoms in total. The van der Waals surface area contributed by atoms with Crippen molar-refractivity contribution in [1.82, 2.24) is 5.32 Å². The Kier molecular flexibility index (Phi) is 4.98. The number of carbonyl (C=O) groups is 2. The molecule has 108 valence electrons. The Balaban J connectivity index is 1.82. The summed E-state index contributed by atoms with van der Waals surface area (Å²) in [5.41, 5.74) is 1.29. The van der Waals surface area contributed by atoms with Crippen LogP contribution in [-0.4, -0.2) is 23.7 Å². The first-order valence-electron chi connectivity index (χ1n) is 6.99. The summed E-state index contributed by atoms with van der Waals surface area (Å²) >= 11 is 0. The lowest BCUT2D eigenvalue weighted by atomic mass is 10.1. The molecule has 3 N–H and O–H groups in total. The minimum Gasteiger partial charge on any atom is -0.481 e. The Hall–Kier alpha value is -2.04. The number of benzene rings is 1. The summed E-state index contributed by atoms with van der Waals surface area (Å²) in [6.07, 6.45) is 4.85. The Bertz CT molecular complexity index is 482. The van der Waals surface area contributed by atoms with Gasteiger partial charge in [-0.15, -0.1) is 0 Å². The fourth-order valence-electron chi connectivity index (χ4n) is 2.56. The molecule has 1 aliphatic carbocycles. The maximum absolute atomic E-state index is 11.8. The van der Waals surface area contributed by atoms with E-state index in [1.54, 1.807) is 24.3 Å². The summed E-state index contributed by atoms with van der Waals surface area (Å²) in [5, 5.41) is 14.3. The second-order valence-corrected chi connectivity index (χ2v) is 5.26. The summed E-state index contributed by atoms with van der Waals surface area (Å²) in [5.74, 6) is -0.285. The van der Waals surface area contributed by atoms with Crippen LogP contribution in [0.3, 0.4) is 0 Å². The van der Waals surface area contributed by atoms with Gasteiger partial charge in [-0.05, 0) is 36.5 Å². The molecule has 1 aromatic rings. The predicted molar refractivity (Wildman–Crippen MR) is 76.8 cm³/mol. The molecular formula is C15H20N2O3. The van der Waals surface area contributed by atoms with E-state index >= 15 is 0 Å². The van der Waals surface area contributed by atoms with Gasteiger partial charge in [0, 0.05) is 12.2 Å². The zero-order valence-electron chi connectivity index (χ0n) is 11.4. The first-order chi connectivity index (χ1) is 9.63. The number of carboxylic acid groups (broad SMARTS) is 1. The fraction of sp³-hybridized carbons (Fsp3) is 0.467. The Labute approximate surface area is 118 Å². The van der Waals surface area contributed by atoms with Crippen molar-refractivity contribution in [3.8, 4) is 0 Å². The number of hydrogen-bond acceptors (Lipinski definition) is 2. The zero-order valence-corrected chi connectivity index (χ0v) is 11.4. The summed E-state index contributed by atoms with van der Waals surface area (Å²) in [7, 11) is 0. The summed E-state index contributed by atoms with van der Waals surface area (Å²) in [4.78, 5) is 22.4. The lowest BCUT2D eigenvalue weighted by molar-refractivity contribution is -0.136. The number of anilines is 1. The fourth-order valence-corrected chi connectivity index (χ4v) is 2.56. The van der Waals surface area contributed by atoms with Crippen molar-refractivity contribution in [2.75, 3.05) is 11.9 Å². The number of amides is 2. The zero-order chi connectivity index (χ0) is 14.4. The van der Waals surface area contributed by atoms with Gasteiger partial charge in [0.2, 0.25) is 0 Å². The average molecular weight is 276 g/mol. The number of carbonyl (C=O) groups excluding carboxylic acids is 1. The van der Waals surface area contributed by atoms with Gasteiger partial charge in [-0.25, -0.2) is 4.79 Å². The molecule has 0 bridgehead atoms. The quantitative estimate of drug-likeness (QED) is 0.773. The van der Waals surface area contributed by atoms with Crippen molar-refractivity contribution in [1.29, 1.82) is 0 Å². The lowest BCUT2D eigenvalue weighted by Crippen LogP contribution is -2.32. The van der Waals surface area contributed by atoms with E-state index in [-0.39, 0.29) is 12.5 Å². The molecule has 0 heterocycles. The number of urea groups is 1. The van der Waals surface area contributed by atoms with Crippen LogP contribution in [0, 0.1) is 5.92 Å². The number of aliphatic carboxylic acids is 1. The van der Waals surface area contributed by atoms with Gasteiger partial charge in [0.05, 0.1) is 6.42 Å². The minimum atomic E-state index is -0.882. The van der Waals surface area contributed by atoms with Crippen molar-refractivity contribution >= 4 is 17.7 Å². The topological polar surface area (TPSA) is 78.4 Å². The Morgan fingerprint density at radius 2 is 2.00 bits per heavy atom. The van der Waals surface area contributed by atoms with Crippen LogP contribution in [-0.2, 0) is 11.2 Å². The maximum Gasteiger partial charge on any atom is 0.319 e.